The van der Waals surface area contributed by atoms with E-state index in [1.807, 2.05) is 6.92 Å². The van der Waals surface area contributed by atoms with Gasteiger partial charge in [-0.1, -0.05) is 0 Å². The number of nitrogens with zero attached hydrogens (tertiary/aromatic N) is 2. The van der Waals surface area contributed by atoms with Gasteiger partial charge >= 0.3 is 6.09 Å². The molecule has 0 aromatic carbocycles. The van der Waals surface area contributed by atoms with Crippen molar-refractivity contribution in [2.75, 3.05) is 5.32 Å². The second-order valence-electron chi connectivity index (χ2n) is 6.78. The Labute approximate surface area is 148 Å². The average molecular weight is 359 g/mol. The Morgan fingerprint density at radius 2 is 2.00 bits per heavy atom. The van der Waals surface area contributed by atoms with Gasteiger partial charge in [-0.05, 0) is 51.2 Å². The van der Waals surface area contributed by atoms with Crippen molar-refractivity contribution in [1.29, 1.82) is 0 Å². The number of anilines is 1. The molecular formula is C17H21N5O2S. The molecule has 3 aromatic rings. The lowest BCUT2D eigenvalue weighted by molar-refractivity contribution is 0.185. The van der Waals surface area contributed by atoms with Crippen LogP contribution in [0.25, 0.3) is 20.4 Å². The number of rotatable bonds is 3. The standard InChI is InChI=1S/C17H21N5O2S/c1-8-7-9(2)18-16-12(8)13-14(25-16)15(22-21-13)19-10-3-5-11(6-4-10)20-17(23)24/h7,10-11,20H,3-6H2,1-2H3,(H,23,24)(H2,19,21,22). The summed E-state index contributed by atoms with van der Waals surface area (Å²) in [5.74, 6) is 0.879. The van der Waals surface area contributed by atoms with Crippen molar-refractivity contribution in [3.63, 3.8) is 0 Å². The molecule has 0 bridgehead atoms. The van der Waals surface area contributed by atoms with Crippen molar-refractivity contribution in [2.24, 2.45) is 0 Å². The van der Waals surface area contributed by atoms with Crippen LogP contribution in [-0.4, -0.2) is 38.5 Å². The van der Waals surface area contributed by atoms with E-state index in [0.29, 0.717) is 6.04 Å². The number of hydrogen-bond donors (Lipinski definition) is 4. The van der Waals surface area contributed by atoms with Gasteiger partial charge in [0.05, 0.1) is 10.2 Å². The maximum Gasteiger partial charge on any atom is 0.404 e. The molecule has 1 aliphatic carbocycles. The Morgan fingerprint density at radius 3 is 2.72 bits per heavy atom. The van der Waals surface area contributed by atoms with Crippen LogP contribution in [0.5, 0.6) is 0 Å². The molecule has 4 rings (SSSR count). The van der Waals surface area contributed by atoms with Crippen molar-refractivity contribution >= 4 is 43.7 Å². The lowest BCUT2D eigenvalue weighted by Gasteiger charge is -2.28. The van der Waals surface area contributed by atoms with Crippen LogP contribution in [-0.2, 0) is 0 Å². The highest BCUT2D eigenvalue weighted by molar-refractivity contribution is 7.26. The Balaban J connectivity index is 1.55. The molecule has 0 radical (unpaired) electrons. The van der Waals surface area contributed by atoms with E-state index >= 15 is 0 Å². The molecule has 0 unspecified atom stereocenters. The number of aryl methyl sites for hydroxylation is 2. The number of carbonyl (C=O) groups is 1. The lowest BCUT2D eigenvalue weighted by atomic mass is 9.91. The number of carboxylic acid groups (broad SMARTS) is 1. The zero-order valence-electron chi connectivity index (χ0n) is 14.2. The minimum Gasteiger partial charge on any atom is -0.465 e. The minimum atomic E-state index is -0.936. The molecule has 0 aliphatic heterocycles. The third kappa shape index (κ3) is 3.02. The van der Waals surface area contributed by atoms with Crippen LogP contribution in [0, 0.1) is 13.8 Å². The van der Waals surface area contributed by atoms with Crippen molar-refractivity contribution < 1.29 is 9.90 Å². The van der Waals surface area contributed by atoms with E-state index in [9.17, 15) is 4.79 Å². The van der Waals surface area contributed by atoms with E-state index in [2.05, 4.69) is 38.8 Å². The predicted molar refractivity (Wildman–Crippen MR) is 99.6 cm³/mol. The monoisotopic (exact) mass is 359 g/mol. The molecule has 0 spiro atoms. The second kappa shape index (κ2) is 6.18. The summed E-state index contributed by atoms with van der Waals surface area (Å²) in [5, 5.41) is 23.7. The van der Waals surface area contributed by atoms with Crippen molar-refractivity contribution in [3.05, 3.63) is 17.3 Å². The minimum absolute atomic E-state index is 0.0638. The number of aromatic nitrogens is 3. The maximum atomic E-state index is 10.7. The van der Waals surface area contributed by atoms with Gasteiger partial charge in [0, 0.05) is 23.2 Å². The number of amides is 1. The Kier molecular flexibility index (Phi) is 3.99. The van der Waals surface area contributed by atoms with Crippen LogP contribution in [0.4, 0.5) is 10.6 Å². The summed E-state index contributed by atoms with van der Waals surface area (Å²) in [6, 6.07) is 2.48. The number of thiophene rings is 1. The topological polar surface area (TPSA) is 103 Å². The van der Waals surface area contributed by atoms with E-state index in [0.717, 1.165) is 57.6 Å². The highest BCUT2D eigenvalue weighted by Crippen LogP contribution is 2.38. The fourth-order valence-electron chi connectivity index (χ4n) is 3.73. The van der Waals surface area contributed by atoms with Crippen LogP contribution < -0.4 is 10.6 Å². The van der Waals surface area contributed by atoms with Crippen LogP contribution in [0.2, 0.25) is 0 Å². The molecule has 132 valence electrons. The number of H-pyrrole nitrogens is 1. The van der Waals surface area contributed by atoms with Gasteiger partial charge < -0.3 is 15.7 Å². The van der Waals surface area contributed by atoms with E-state index in [4.69, 9.17) is 5.11 Å². The van der Waals surface area contributed by atoms with Crippen molar-refractivity contribution in [2.45, 2.75) is 51.6 Å². The van der Waals surface area contributed by atoms with Gasteiger partial charge in [-0.2, -0.15) is 5.10 Å². The van der Waals surface area contributed by atoms with Gasteiger partial charge in [0.15, 0.2) is 5.82 Å². The number of hydrogen-bond acceptors (Lipinski definition) is 5. The van der Waals surface area contributed by atoms with Gasteiger partial charge in [-0.3, -0.25) is 5.10 Å². The molecule has 7 nitrogen and oxygen atoms in total. The Hall–Kier alpha value is -2.35. The van der Waals surface area contributed by atoms with E-state index in [-0.39, 0.29) is 6.04 Å². The summed E-state index contributed by atoms with van der Waals surface area (Å²) in [7, 11) is 0. The van der Waals surface area contributed by atoms with Crippen LogP contribution in [0.15, 0.2) is 6.07 Å². The average Bonchev–Trinajstić information content (AvgIpc) is 3.08. The molecule has 1 amide bonds. The lowest BCUT2D eigenvalue weighted by Crippen LogP contribution is -2.39. The fraction of sp³-hybridized carbons (Fsp3) is 0.471. The van der Waals surface area contributed by atoms with Gasteiger partial charge in [-0.25, -0.2) is 9.78 Å². The summed E-state index contributed by atoms with van der Waals surface area (Å²) in [5.41, 5.74) is 3.29. The summed E-state index contributed by atoms with van der Waals surface area (Å²) < 4.78 is 1.11. The normalized spacial score (nSPS) is 20.9. The van der Waals surface area contributed by atoms with Crippen molar-refractivity contribution in [3.8, 4) is 0 Å². The molecule has 1 aliphatic rings. The highest BCUT2D eigenvalue weighted by Gasteiger charge is 2.24. The maximum absolute atomic E-state index is 10.7. The molecule has 3 heterocycles. The quantitative estimate of drug-likeness (QED) is 0.570. The molecule has 0 atom stereocenters. The molecule has 25 heavy (non-hydrogen) atoms. The van der Waals surface area contributed by atoms with Crippen molar-refractivity contribution in [1.82, 2.24) is 20.5 Å². The van der Waals surface area contributed by atoms with Crippen LogP contribution in [0.3, 0.4) is 0 Å². The summed E-state index contributed by atoms with van der Waals surface area (Å²) in [4.78, 5) is 16.4. The predicted octanol–water partition coefficient (Wildman–Crippen LogP) is 3.78. The first-order chi connectivity index (χ1) is 12.0. The number of aromatic amines is 1. The Morgan fingerprint density at radius 1 is 1.28 bits per heavy atom. The number of pyridine rings is 1. The SMILES string of the molecule is Cc1cc(C)c2c(n1)sc1c(NC3CCC(NC(=O)O)CC3)n[nH]c12. The van der Waals surface area contributed by atoms with E-state index < -0.39 is 6.09 Å². The first-order valence-corrected chi connectivity index (χ1v) is 9.33. The third-order valence-electron chi connectivity index (χ3n) is 4.88. The number of fused-ring (bicyclic) bond motifs is 3. The van der Waals surface area contributed by atoms with Crippen LogP contribution >= 0.6 is 11.3 Å². The van der Waals surface area contributed by atoms with E-state index in [1.54, 1.807) is 11.3 Å². The molecular weight excluding hydrogens is 338 g/mol. The van der Waals surface area contributed by atoms with Gasteiger partial charge in [-0.15, -0.1) is 11.3 Å². The molecule has 3 aromatic heterocycles. The first-order valence-electron chi connectivity index (χ1n) is 8.52. The second-order valence-corrected chi connectivity index (χ2v) is 7.78. The third-order valence-corrected chi connectivity index (χ3v) is 5.97. The van der Waals surface area contributed by atoms with Crippen LogP contribution in [0.1, 0.15) is 36.9 Å². The van der Waals surface area contributed by atoms with Gasteiger partial charge in [0.1, 0.15) is 4.83 Å². The zero-order valence-corrected chi connectivity index (χ0v) is 15.0. The van der Waals surface area contributed by atoms with E-state index in [1.165, 1.54) is 5.56 Å². The van der Waals surface area contributed by atoms with Gasteiger partial charge in [0.25, 0.3) is 0 Å². The molecule has 0 saturated heterocycles. The summed E-state index contributed by atoms with van der Waals surface area (Å²) in [6.07, 6.45) is 2.63. The largest absolute Gasteiger partial charge is 0.465 e. The molecule has 1 fully saturated rings. The fourth-order valence-corrected chi connectivity index (χ4v) is 4.92. The molecule has 8 heteroatoms. The molecule has 4 N–H and O–H groups in total. The number of nitrogens with one attached hydrogen (secondary N) is 3. The summed E-state index contributed by atoms with van der Waals surface area (Å²) >= 11 is 1.66. The Bertz CT molecular complexity index is 939. The highest BCUT2D eigenvalue weighted by atomic mass is 32.1. The molecule has 1 saturated carbocycles. The van der Waals surface area contributed by atoms with Gasteiger partial charge in [0.2, 0.25) is 0 Å². The zero-order chi connectivity index (χ0) is 17.6. The smallest absolute Gasteiger partial charge is 0.404 e. The first kappa shape index (κ1) is 16.1. The summed E-state index contributed by atoms with van der Waals surface area (Å²) in [6.45, 7) is 4.12.